The predicted octanol–water partition coefficient (Wildman–Crippen LogP) is 3.01. The van der Waals surface area contributed by atoms with Crippen molar-refractivity contribution in [1.82, 2.24) is 9.46 Å². The van der Waals surface area contributed by atoms with E-state index in [4.69, 9.17) is 14.0 Å². The highest BCUT2D eigenvalue weighted by atomic mass is 32.2. The Hall–Kier alpha value is -3.21. The molecule has 1 aromatic heterocycles. The lowest BCUT2D eigenvalue weighted by molar-refractivity contribution is 0.0729. The van der Waals surface area contributed by atoms with E-state index in [0.29, 0.717) is 31.3 Å². The van der Waals surface area contributed by atoms with Gasteiger partial charge in [-0.1, -0.05) is 35.5 Å². The van der Waals surface area contributed by atoms with Gasteiger partial charge in [0.1, 0.15) is 10.6 Å². The summed E-state index contributed by atoms with van der Waals surface area (Å²) in [6.07, 6.45) is 0. The van der Waals surface area contributed by atoms with Crippen molar-refractivity contribution in [3.05, 3.63) is 60.3 Å². The van der Waals surface area contributed by atoms with Crippen molar-refractivity contribution in [2.75, 3.05) is 38.2 Å². The number of nitrogens with zero attached hydrogens (tertiary/aromatic N) is 2. The molecule has 0 spiro atoms. The maximum Gasteiger partial charge on any atom is 0.277 e. The zero-order chi connectivity index (χ0) is 22.6. The molecule has 10 heteroatoms. The lowest BCUT2D eigenvalue weighted by Gasteiger charge is -2.27. The van der Waals surface area contributed by atoms with Crippen LogP contribution in [0.5, 0.6) is 5.75 Å². The summed E-state index contributed by atoms with van der Waals surface area (Å²) in [5, 5.41) is 6.51. The van der Waals surface area contributed by atoms with Crippen molar-refractivity contribution in [1.29, 1.82) is 0 Å². The van der Waals surface area contributed by atoms with Crippen LogP contribution in [-0.2, 0) is 14.8 Å². The van der Waals surface area contributed by atoms with Crippen LogP contribution in [0.1, 0.15) is 17.4 Å². The highest BCUT2D eigenvalue weighted by Gasteiger charge is 2.30. The molecule has 0 unspecified atom stereocenters. The Balaban J connectivity index is 1.58. The molecule has 168 valence electrons. The van der Waals surface area contributed by atoms with E-state index < -0.39 is 15.9 Å². The molecule has 1 aliphatic rings. The fourth-order valence-electron chi connectivity index (χ4n) is 3.30. The van der Waals surface area contributed by atoms with Crippen LogP contribution in [0.3, 0.4) is 0 Å². The summed E-state index contributed by atoms with van der Waals surface area (Å²) in [4.78, 5) is 12.7. The number of sulfonamides is 1. The minimum atomic E-state index is -3.83. The van der Waals surface area contributed by atoms with Gasteiger partial charge in [0.2, 0.25) is 10.0 Å². The summed E-state index contributed by atoms with van der Waals surface area (Å²) >= 11 is 0. The number of aromatic nitrogens is 1. The molecule has 0 aliphatic carbocycles. The van der Waals surface area contributed by atoms with Crippen LogP contribution < -0.4 is 10.1 Å². The average Bonchev–Trinajstić information content (AvgIpc) is 3.32. The average molecular weight is 458 g/mol. The lowest BCUT2D eigenvalue weighted by atomic mass is 10.1. The van der Waals surface area contributed by atoms with Crippen LogP contribution in [0.2, 0.25) is 0 Å². The van der Waals surface area contributed by atoms with Crippen molar-refractivity contribution in [3.8, 4) is 17.1 Å². The molecule has 0 radical (unpaired) electrons. The zero-order valence-corrected chi connectivity index (χ0v) is 18.3. The van der Waals surface area contributed by atoms with Crippen molar-refractivity contribution < 1.29 is 27.2 Å². The molecular weight excluding hydrogens is 434 g/mol. The van der Waals surface area contributed by atoms with Crippen LogP contribution in [0.15, 0.2) is 64.0 Å². The number of carbonyl (C=O) groups excluding carboxylic acids is 1. The van der Waals surface area contributed by atoms with Gasteiger partial charge in [0.15, 0.2) is 11.5 Å². The highest BCUT2D eigenvalue weighted by molar-refractivity contribution is 7.89. The number of amides is 1. The molecule has 0 saturated carbocycles. The molecule has 4 rings (SSSR count). The minimum absolute atomic E-state index is 0.0100. The topological polar surface area (TPSA) is 111 Å². The van der Waals surface area contributed by atoms with E-state index in [1.54, 1.807) is 13.0 Å². The number of hydrogen-bond donors (Lipinski definition) is 1. The number of morpholine rings is 1. The van der Waals surface area contributed by atoms with Gasteiger partial charge in [0.05, 0.1) is 19.8 Å². The Kier molecular flexibility index (Phi) is 6.54. The van der Waals surface area contributed by atoms with Gasteiger partial charge >= 0.3 is 0 Å². The molecular formula is C22H23N3O6S. The van der Waals surface area contributed by atoms with Gasteiger partial charge in [-0.05, 0) is 25.1 Å². The first-order valence-corrected chi connectivity index (χ1v) is 11.6. The Bertz CT molecular complexity index is 1190. The fourth-order valence-corrected chi connectivity index (χ4v) is 4.87. The summed E-state index contributed by atoms with van der Waals surface area (Å²) < 4.78 is 43.8. The van der Waals surface area contributed by atoms with Gasteiger partial charge in [-0.3, -0.25) is 4.79 Å². The van der Waals surface area contributed by atoms with Gasteiger partial charge in [0, 0.05) is 30.4 Å². The molecule has 1 N–H and O–H groups in total. The third-order valence-corrected chi connectivity index (χ3v) is 6.81. The zero-order valence-electron chi connectivity index (χ0n) is 17.5. The first-order chi connectivity index (χ1) is 15.5. The van der Waals surface area contributed by atoms with Crippen molar-refractivity contribution >= 4 is 21.6 Å². The summed E-state index contributed by atoms with van der Waals surface area (Å²) in [6.45, 7) is 3.25. The Morgan fingerprint density at radius 3 is 2.59 bits per heavy atom. The SMILES string of the molecule is CCOc1ccc(NC(=O)c2cc(-c3ccccc3)on2)cc1S(=O)(=O)N1CCOCC1. The van der Waals surface area contributed by atoms with E-state index in [-0.39, 0.29) is 29.4 Å². The van der Waals surface area contributed by atoms with Crippen molar-refractivity contribution in [3.63, 3.8) is 0 Å². The summed E-state index contributed by atoms with van der Waals surface area (Å²) in [7, 11) is -3.83. The standard InChI is InChI=1S/C22H23N3O6S/c1-2-30-19-9-8-17(14-21(19)32(27,28)25-10-12-29-13-11-25)23-22(26)18-15-20(31-24-18)16-6-4-3-5-7-16/h3-9,14-15H,2,10-13H2,1H3,(H,23,26). The Morgan fingerprint density at radius 2 is 1.88 bits per heavy atom. The third kappa shape index (κ3) is 4.67. The molecule has 32 heavy (non-hydrogen) atoms. The maximum absolute atomic E-state index is 13.2. The van der Waals surface area contributed by atoms with Gasteiger partial charge < -0.3 is 19.3 Å². The van der Waals surface area contributed by atoms with Crippen LogP contribution in [0.4, 0.5) is 5.69 Å². The highest BCUT2D eigenvalue weighted by Crippen LogP contribution is 2.31. The number of nitrogens with one attached hydrogen (secondary N) is 1. The Labute approximate surface area is 186 Å². The smallest absolute Gasteiger partial charge is 0.277 e. The normalized spacial score (nSPS) is 14.8. The van der Waals surface area contributed by atoms with Crippen LogP contribution in [0, 0.1) is 0 Å². The van der Waals surface area contributed by atoms with E-state index in [9.17, 15) is 13.2 Å². The van der Waals surface area contributed by atoms with Crippen LogP contribution >= 0.6 is 0 Å². The maximum atomic E-state index is 13.2. The monoisotopic (exact) mass is 457 g/mol. The Morgan fingerprint density at radius 1 is 1.12 bits per heavy atom. The molecule has 0 bridgehead atoms. The molecule has 1 saturated heterocycles. The second kappa shape index (κ2) is 9.51. The number of hydrogen-bond acceptors (Lipinski definition) is 7. The number of benzene rings is 2. The summed E-state index contributed by atoms with van der Waals surface area (Å²) in [5.74, 6) is 0.164. The van der Waals surface area contributed by atoms with Gasteiger partial charge in [-0.15, -0.1) is 0 Å². The quantitative estimate of drug-likeness (QED) is 0.581. The van der Waals surface area contributed by atoms with E-state index >= 15 is 0 Å². The third-order valence-electron chi connectivity index (χ3n) is 4.89. The number of carbonyl (C=O) groups is 1. The molecule has 2 aromatic carbocycles. The van der Waals surface area contributed by atoms with E-state index in [1.807, 2.05) is 30.3 Å². The summed E-state index contributed by atoms with van der Waals surface area (Å²) in [6, 6.07) is 15.3. The number of ether oxygens (including phenoxy) is 2. The predicted molar refractivity (Wildman–Crippen MR) is 117 cm³/mol. The fraction of sp³-hybridized carbons (Fsp3) is 0.273. The first-order valence-electron chi connectivity index (χ1n) is 10.2. The van der Waals surface area contributed by atoms with Gasteiger partial charge in [0.25, 0.3) is 5.91 Å². The van der Waals surface area contributed by atoms with Crippen molar-refractivity contribution in [2.45, 2.75) is 11.8 Å². The second-order valence-electron chi connectivity index (χ2n) is 7.01. The van der Waals surface area contributed by atoms with Crippen molar-refractivity contribution in [2.24, 2.45) is 0 Å². The molecule has 9 nitrogen and oxygen atoms in total. The van der Waals surface area contributed by atoms with E-state index in [0.717, 1.165) is 5.56 Å². The number of rotatable bonds is 7. The van der Waals surface area contributed by atoms with Crippen LogP contribution in [0.25, 0.3) is 11.3 Å². The molecule has 1 aliphatic heterocycles. The van der Waals surface area contributed by atoms with E-state index in [2.05, 4.69) is 10.5 Å². The summed E-state index contributed by atoms with van der Waals surface area (Å²) in [5.41, 5.74) is 1.17. The van der Waals surface area contributed by atoms with E-state index in [1.165, 1.54) is 22.5 Å². The lowest BCUT2D eigenvalue weighted by Crippen LogP contribution is -2.40. The molecule has 1 fully saturated rings. The molecule has 1 amide bonds. The molecule has 3 aromatic rings. The molecule has 0 atom stereocenters. The second-order valence-corrected chi connectivity index (χ2v) is 8.91. The molecule has 2 heterocycles. The van der Waals surface area contributed by atoms with Gasteiger partial charge in [-0.25, -0.2) is 8.42 Å². The first kappa shape index (κ1) is 22.0. The minimum Gasteiger partial charge on any atom is -0.492 e. The van der Waals surface area contributed by atoms with Crippen LogP contribution in [-0.4, -0.2) is 56.7 Å². The van der Waals surface area contributed by atoms with Gasteiger partial charge in [-0.2, -0.15) is 4.31 Å². The largest absolute Gasteiger partial charge is 0.492 e. The number of anilines is 1.